The van der Waals surface area contributed by atoms with Crippen LogP contribution in [0.5, 0.6) is 0 Å². The molecule has 0 aliphatic rings. The van der Waals surface area contributed by atoms with Crippen LogP contribution in [-0.4, -0.2) is 18.5 Å². The number of benzene rings is 1. The molecule has 24 heavy (non-hydrogen) atoms. The van der Waals surface area contributed by atoms with E-state index in [1.54, 1.807) is 12.1 Å². The number of halogens is 4. The van der Waals surface area contributed by atoms with E-state index in [0.717, 1.165) is 6.08 Å². The maximum atomic E-state index is 11.8. The lowest BCUT2D eigenvalue weighted by Gasteiger charge is -2.08. The second kappa shape index (κ2) is 8.58. The van der Waals surface area contributed by atoms with E-state index in [2.05, 4.69) is 21.2 Å². The van der Waals surface area contributed by atoms with E-state index in [0.29, 0.717) is 10.4 Å². The van der Waals surface area contributed by atoms with Crippen LogP contribution in [0.15, 0.2) is 39.4 Å². The molecule has 0 unspecified atom stereocenters. The smallest absolute Gasteiger partial charge is 0.331 e. The Balaban J connectivity index is 1.86. The molecule has 0 atom stereocenters. The molecule has 0 aliphatic carbocycles. The normalized spacial score (nSPS) is 10.8. The van der Waals surface area contributed by atoms with Crippen molar-refractivity contribution >= 4 is 74.4 Å². The quantitative estimate of drug-likeness (QED) is 0.384. The Bertz CT molecular complexity index is 804. The number of carbonyl (C=O) groups excluding carboxylic acids is 2. The fourth-order valence-electron chi connectivity index (χ4n) is 1.56. The van der Waals surface area contributed by atoms with Crippen molar-refractivity contribution in [1.29, 1.82) is 0 Å². The Morgan fingerprint density at radius 3 is 2.54 bits per heavy atom. The summed E-state index contributed by atoms with van der Waals surface area (Å²) in [5.41, 5.74) is 0.267. The molecule has 1 N–H and O–H groups in total. The van der Waals surface area contributed by atoms with Crippen LogP contribution in [0.25, 0.3) is 6.08 Å². The molecule has 0 spiro atoms. The number of carbonyl (C=O) groups is 2. The Morgan fingerprint density at radius 1 is 1.17 bits per heavy atom. The Morgan fingerprint density at radius 2 is 1.88 bits per heavy atom. The van der Waals surface area contributed by atoms with Gasteiger partial charge in [0.25, 0.3) is 5.91 Å². The summed E-state index contributed by atoms with van der Waals surface area (Å²) in [6.07, 6.45) is 2.56. The van der Waals surface area contributed by atoms with Crippen LogP contribution in [0, 0.1) is 0 Å². The van der Waals surface area contributed by atoms with Crippen LogP contribution in [0.3, 0.4) is 0 Å². The molecule has 0 saturated carbocycles. The maximum absolute atomic E-state index is 11.8. The highest BCUT2D eigenvalue weighted by Gasteiger charge is 2.11. The van der Waals surface area contributed by atoms with Crippen LogP contribution in [0.2, 0.25) is 15.1 Å². The molecule has 0 aliphatic heterocycles. The van der Waals surface area contributed by atoms with E-state index in [1.165, 1.54) is 18.2 Å². The molecule has 126 valence electrons. The summed E-state index contributed by atoms with van der Waals surface area (Å²) in [5, 5.41) is 3.19. The SMILES string of the molecule is O=C(COC(=O)/C=C/c1ccc(Br)o1)Nc1cc(Cl)c(Cl)cc1Cl. The Hall–Kier alpha value is -1.47. The first-order valence-corrected chi connectivity index (χ1v) is 8.32. The van der Waals surface area contributed by atoms with Gasteiger partial charge >= 0.3 is 5.97 Å². The van der Waals surface area contributed by atoms with Crippen molar-refractivity contribution in [2.75, 3.05) is 11.9 Å². The van der Waals surface area contributed by atoms with Gasteiger partial charge in [0.05, 0.1) is 20.8 Å². The molecular weight excluding hydrogens is 444 g/mol. The summed E-state index contributed by atoms with van der Waals surface area (Å²) >= 11 is 20.7. The number of hydrogen-bond acceptors (Lipinski definition) is 4. The summed E-state index contributed by atoms with van der Waals surface area (Å²) < 4.78 is 10.5. The monoisotopic (exact) mass is 451 g/mol. The standard InChI is InChI=1S/C15H9BrCl3NO4/c16-13-3-1-8(24-13)2-4-15(22)23-7-14(21)20-12-6-10(18)9(17)5-11(12)19/h1-6H,7H2,(H,20,21)/b4-2+. The molecule has 0 fully saturated rings. The third kappa shape index (κ3) is 5.56. The highest BCUT2D eigenvalue weighted by atomic mass is 79.9. The number of anilines is 1. The van der Waals surface area contributed by atoms with Gasteiger partial charge in [0, 0.05) is 6.08 Å². The summed E-state index contributed by atoms with van der Waals surface area (Å²) in [6.45, 7) is -0.485. The minimum absolute atomic E-state index is 0.215. The molecule has 9 heteroatoms. The van der Waals surface area contributed by atoms with Crippen LogP contribution in [-0.2, 0) is 14.3 Å². The van der Waals surface area contributed by atoms with E-state index in [1.807, 2.05) is 0 Å². The van der Waals surface area contributed by atoms with Gasteiger partial charge in [-0.2, -0.15) is 0 Å². The molecule has 1 aromatic carbocycles. The van der Waals surface area contributed by atoms with E-state index >= 15 is 0 Å². The highest BCUT2D eigenvalue weighted by molar-refractivity contribution is 9.10. The van der Waals surface area contributed by atoms with E-state index in [4.69, 9.17) is 44.0 Å². The first kappa shape index (κ1) is 18.9. The van der Waals surface area contributed by atoms with Crippen LogP contribution in [0.1, 0.15) is 5.76 Å². The Kier molecular flexibility index (Phi) is 6.74. The van der Waals surface area contributed by atoms with Crippen molar-refractivity contribution in [3.05, 3.63) is 55.8 Å². The summed E-state index contributed by atoms with van der Waals surface area (Å²) in [7, 11) is 0. The van der Waals surface area contributed by atoms with Gasteiger partial charge in [0.1, 0.15) is 5.76 Å². The molecule has 2 aromatic rings. The fourth-order valence-corrected chi connectivity index (χ4v) is 2.47. The van der Waals surface area contributed by atoms with Gasteiger partial charge in [-0.05, 0) is 46.3 Å². The van der Waals surface area contributed by atoms with Gasteiger partial charge < -0.3 is 14.5 Å². The van der Waals surface area contributed by atoms with Crippen molar-refractivity contribution in [3.8, 4) is 0 Å². The van der Waals surface area contributed by atoms with E-state index < -0.39 is 18.5 Å². The predicted octanol–water partition coefficient (Wildman–Crippen LogP) is 5.20. The van der Waals surface area contributed by atoms with E-state index in [-0.39, 0.29) is 20.8 Å². The number of rotatable bonds is 5. The van der Waals surface area contributed by atoms with Crippen LogP contribution >= 0.6 is 50.7 Å². The van der Waals surface area contributed by atoms with Crippen molar-refractivity contribution in [1.82, 2.24) is 0 Å². The largest absolute Gasteiger partial charge is 0.452 e. The average Bonchev–Trinajstić information content (AvgIpc) is 2.94. The molecular formula is C15H9BrCl3NO4. The summed E-state index contributed by atoms with van der Waals surface area (Å²) in [6, 6.07) is 6.14. The minimum atomic E-state index is -0.696. The fraction of sp³-hybridized carbons (Fsp3) is 0.0667. The number of nitrogens with one attached hydrogen (secondary N) is 1. The van der Waals surface area contributed by atoms with Crippen molar-refractivity contribution in [2.24, 2.45) is 0 Å². The van der Waals surface area contributed by atoms with Gasteiger partial charge in [-0.1, -0.05) is 34.8 Å². The average molecular weight is 454 g/mol. The molecule has 2 rings (SSSR count). The molecule has 1 amide bonds. The second-order valence-corrected chi connectivity index (χ2v) is 6.38. The summed E-state index contributed by atoms with van der Waals surface area (Å²) in [4.78, 5) is 23.3. The topological polar surface area (TPSA) is 68.5 Å². The summed E-state index contributed by atoms with van der Waals surface area (Å²) in [5.74, 6) is -0.804. The zero-order chi connectivity index (χ0) is 17.7. The lowest BCUT2D eigenvalue weighted by molar-refractivity contribution is -0.142. The van der Waals surface area contributed by atoms with Crippen molar-refractivity contribution in [3.63, 3.8) is 0 Å². The third-order valence-electron chi connectivity index (χ3n) is 2.61. The number of amides is 1. The Labute approximate surface area is 160 Å². The molecule has 0 saturated heterocycles. The molecule has 0 radical (unpaired) electrons. The van der Waals surface area contributed by atoms with E-state index in [9.17, 15) is 9.59 Å². The van der Waals surface area contributed by atoms with Gasteiger partial charge in [-0.3, -0.25) is 4.79 Å². The van der Waals surface area contributed by atoms with Crippen molar-refractivity contribution < 1.29 is 18.7 Å². The highest BCUT2D eigenvalue weighted by Crippen LogP contribution is 2.32. The first-order chi connectivity index (χ1) is 11.3. The van der Waals surface area contributed by atoms with Crippen LogP contribution < -0.4 is 5.32 Å². The first-order valence-electron chi connectivity index (χ1n) is 6.39. The second-order valence-electron chi connectivity index (χ2n) is 4.38. The predicted molar refractivity (Wildman–Crippen MR) is 96.5 cm³/mol. The van der Waals surface area contributed by atoms with Gasteiger partial charge in [-0.25, -0.2) is 4.79 Å². The zero-order valence-electron chi connectivity index (χ0n) is 11.8. The lowest BCUT2D eigenvalue weighted by Crippen LogP contribution is -2.20. The van der Waals surface area contributed by atoms with Gasteiger partial charge in [0.15, 0.2) is 11.3 Å². The third-order valence-corrected chi connectivity index (χ3v) is 4.07. The molecule has 1 heterocycles. The number of hydrogen-bond donors (Lipinski definition) is 1. The maximum Gasteiger partial charge on any atom is 0.331 e. The van der Waals surface area contributed by atoms with Gasteiger partial charge in [-0.15, -0.1) is 0 Å². The number of furan rings is 1. The molecule has 0 bridgehead atoms. The minimum Gasteiger partial charge on any atom is -0.452 e. The van der Waals surface area contributed by atoms with Gasteiger partial charge in [0.2, 0.25) is 0 Å². The number of esters is 1. The van der Waals surface area contributed by atoms with Crippen LogP contribution in [0.4, 0.5) is 5.69 Å². The number of ether oxygens (including phenoxy) is 1. The molecule has 5 nitrogen and oxygen atoms in total. The lowest BCUT2D eigenvalue weighted by atomic mass is 10.3. The zero-order valence-corrected chi connectivity index (χ0v) is 15.7. The molecule has 1 aromatic heterocycles. The van der Waals surface area contributed by atoms with Crippen molar-refractivity contribution in [2.45, 2.75) is 0 Å².